The van der Waals surface area contributed by atoms with Gasteiger partial charge in [-0.15, -0.1) is 6.58 Å². The van der Waals surface area contributed by atoms with Gasteiger partial charge in [0.25, 0.3) is 0 Å². The van der Waals surface area contributed by atoms with Crippen molar-refractivity contribution in [1.82, 2.24) is 9.88 Å². The van der Waals surface area contributed by atoms with E-state index in [0.717, 1.165) is 38.5 Å². The molecule has 0 aromatic carbocycles. The molecule has 1 aromatic heterocycles. The van der Waals surface area contributed by atoms with Crippen molar-refractivity contribution in [3.8, 4) is 0 Å². The first kappa shape index (κ1) is 12.1. The van der Waals surface area contributed by atoms with E-state index >= 15 is 0 Å². The van der Waals surface area contributed by atoms with Gasteiger partial charge in [-0.1, -0.05) is 12.1 Å². The van der Waals surface area contributed by atoms with Gasteiger partial charge in [0.15, 0.2) is 0 Å². The summed E-state index contributed by atoms with van der Waals surface area (Å²) in [6, 6.07) is 4.07. The predicted molar refractivity (Wildman–Crippen MR) is 69.0 cm³/mol. The lowest BCUT2D eigenvalue weighted by Gasteiger charge is -2.21. The minimum Gasteiger partial charge on any atom is -0.395 e. The first-order valence-electron chi connectivity index (χ1n) is 5.98. The van der Waals surface area contributed by atoms with Crippen LogP contribution in [0.4, 0.5) is 5.82 Å². The van der Waals surface area contributed by atoms with Crippen molar-refractivity contribution in [3.05, 3.63) is 36.5 Å². The fourth-order valence-electron chi connectivity index (χ4n) is 2.19. The van der Waals surface area contributed by atoms with Crippen LogP contribution in [0.5, 0.6) is 0 Å². The van der Waals surface area contributed by atoms with E-state index in [1.807, 2.05) is 18.3 Å². The average molecular weight is 233 g/mol. The van der Waals surface area contributed by atoms with E-state index in [9.17, 15) is 0 Å². The SMILES string of the molecule is C=CCN1CCN(CCO)Cc2cccnc21. The summed E-state index contributed by atoms with van der Waals surface area (Å²) in [5.41, 5.74) is 1.22. The third-order valence-corrected chi connectivity index (χ3v) is 3.01. The van der Waals surface area contributed by atoms with Crippen molar-refractivity contribution < 1.29 is 5.11 Å². The quantitative estimate of drug-likeness (QED) is 0.784. The smallest absolute Gasteiger partial charge is 0.133 e. The molecule has 0 spiro atoms. The van der Waals surface area contributed by atoms with E-state index in [2.05, 4.69) is 27.4 Å². The van der Waals surface area contributed by atoms with Gasteiger partial charge in [-0.3, -0.25) is 4.90 Å². The van der Waals surface area contributed by atoms with Crippen molar-refractivity contribution in [3.63, 3.8) is 0 Å². The lowest BCUT2D eigenvalue weighted by atomic mass is 10.2. The summed E-state index contributed by atoms with van der Waals surface area (Å²) in [6.07, 6.45) is 3.73. The topological polar surface area (TPSA) is 39.6 Å². The lowest BCUT2D eigenvalue weighted by molar-refractivity contribution is 0.196. The standard InChI is InChI=1S/C13H19N3O/c1-2-6-16-8-7-15(9-10-17)11-12-4-3-5-14-13(12)16/h2-5,17H,1,6-11H2. The Bertz CT molecular complexity index is 381. The Hall–Kier alpha value is -1.39. The number of pyridine rings is 1. The number of hydrogen-bond donors (Lipinski definition) is 1. The third-order valence-electron chi connectivity index (χ3n) is 3.01. The Balaban J connectivity index is 2.23. The number of aliphatic hydroxyl groups is 1. The summed E-state index contributed by atoms with van der Waals surface area (Å²) in [5.74, 6) is 1.05. The first-order chi connectivity index (χ1) is 8.35. The van der Waals surface area contributed by atoms with Crippen molar-refractivity contribution in [2.45, 2.75) is 6.54 Å². The van der Waals surface area contributed by atoms with Crippen LogP contribution in [0.1, 0.15) is 5.56 Å². The molecule has 4 nitrogen and oxygen atoms in total. The molecule has 1 aromatic rings. The van der Waals surface area contributed by atoms with Gasteiger partial charge < -0.3 is 10.0 Å². The molecule has 2 heterocycles. The Morgan fingerprint density at radius 1 is 1.47 bits per heavy atom. The normalized spacial score (nSPS) is 16.4. The minimum atomic E-state index is 0.205. The highest BCUT2D eigenvalue weighted by Gasteiger charge is 2.19. The van der Waals surface area contributed by atoms with Crippen molar-refractivity contribution in [2.75, 3.05) is 37.7 Å². The van der Waals surface area contributed by atoms with Crippen LogP contribution in [0, 0.1) is 0 Å². The molecule has 17 heavy (non-hydrogen) atoms. The minimum absolute atomic E-state index is 0.205. The number of nitrogens with zero attached hydrogens (tertiary/aromatic N) is 3. The molecule has 1 aliphatic heterocycles. The molecule has 0 fully saturated rings. The Morgan fingerprint density at radius 2 is 2.35 bits per heavy atom. The van der Waals surface area contributed by atoms with E-state index in [1.54, 1.807) is 0 Å². The lowest BCUT2D eigenvalue weighted by Crippen LogP contribution is -2.33. The summed E-state index contributed by atoms with van der Waals surface area (Å²) in [7, 11) is 0. The molecule has 0 bridgehead atoms. The molecule has 0 saturated carbocycles. The van der Waals surface area contributed by atoms with Gasteiger partial charge in [0, 0.05) is 44.5 Å². The van der Waals surface area contributed by atoms with Crippen molar-refractivity contribution in [2.24, 2.45) is 0 Å². The van der Waals surface area contributed by atoms with E-state index in [-0.39, 0.29) is 6.61 Å². The number of aliphatic hydroxyl groups excluding tert-OH is 1. The summed E-state index contributed by atoms with van der Waals surface area (Å²) < 4.78 is 0. The highest BCUT2D eigenvalue weighted by molar-refractivity contribution is 5.48. The largest absolute Gasteiger partial charge is 0.395 e. The Morgan fingerprint density at radius 3 is 3.12 bits per heavy atom. The third kappa shape index (κ3) is 2.84. The zero-order valence-corrected chi connectivity index (χ0v) is 10.0. The maximum atomic E-state index is 9.04. The van der Waals surface area contributed by atoms with E-state index in [0.29, 0.717) is 0 Å². The number of hydrogen-bond acceptors (Lipinski definition) is 4. The molecule has 92 valence electrons. The second kappa shape index (κ2) is 5.80. The molecule has 4 heteroatoms. The Labute approximate surface area is 102 Å². The second-order valence-electron chi connectivity index (χ2n) is 4.22. The maximum absolute atomic E-state index is 9.04. The fraction of sp³-hybridized carbons (Fsp3) is 0.462. The van der Waals surface area contributed by atoms with Crippen molar-refractivity contribution >= 4 is 5.82 Å². The molecule has 2 rings (SSSR count). The molecule has 0 amide bonds. The number of anilines is 1. The fourth-order valence-corrected chi connectivity index (χ4v) is 2.19. The van der Waals surface area contributed by atoms with Crippen LogP contribution in [0.25, 0.3) is 0 Å². The molecule has 0 aliphatic carbocycles. The first-order valence-corrected chi connectivity index (χ1v) is 5.98. The second-order valence-corrected chi connectivity index (χ2v) is 4.22. The van der Waals surface area contributed by atoms with Gasteiger partial charge in [0.2, 0.25) is 0 Å². The molecule has 1 aliphatic rings. The van der Waals surface area contributed by atoms with Crippen LogP contribution in [0.2, 0.25) is 0 Å². The van der Waals surface area contributed by atoms with Crippen LogP contribution in [0.3, 0.4) is 0 Å². The number of β-amino-alcohol motifs (C(OH)–C–C–N with tert-alkyl or cyclic N) is 1. The van der Waals surface area contributed by atoms with Gasteiger partial charge >= 0.3 is 0 Å². The highest BCUT2D eigenvalue weighted by Crippen LogP contribution is 2.21. The molecule has 0 radical (unpaired) electrons. The highest BCUT2D eigenvalue weighted by atomic mass is 16.3. The monoisotopic (exact) mass is 233 g/mol. The summed E-state index contributed by atoms with van der Waals surface area (Å²) in [4.78, 5) is 8.95. The molecule has 0 unspecified atom stereocenters. The molecular formula is C13H19N3O. The van der Waals surface area contributed by atoms with E-state index < -0.39 is 0 Å². The van der Waals surface area contributed by atoms with Crippen LogP contribution in [-0.4, -0.2) is 47.8 Å². The summed E-state index contributed by atoms with van der Waals surface area (Å²) >= 11 is 0. The van der Waals surface area contributed by atoms with E-state index in [4.69, 9.17) is 5.11 Å². The molecule has 1 N–H and O–H groups in total. The molecule has 0 atom stereocenters. The van der Waals surface area contributed by atoms with E-state index in [1.165, 1.54) is 5.56 Å². The molecule has 0 saturated heterocycles. The number of fused-ring (bicyclic) bond motifs is 1. The zero-order chi connectivity index (χ0) is 12.1. The van der Waals surface area contributed by atoms with Gasteiger partial charge in [0.1, 0.15) is 5.82 Å². The van der Waals surface area contributed by atoms with Gasteiger partial charge in [0.05, 0.1) is 6.61 Å². The van der Waals surface area contributed by atoms with Crippen LogP contribution in [-0.2, 0) is 6.54 Å². The van der Waals surface area contributed by atoms with Crippen molar-refractivity contribution in [1.29, 1.82) is 0 Å². The predicted octanol–water partition coefficient (Wildman–Crippen LogP) is 0.882. The zero-order valence-electron chi connectivity index (χ0n) is 10.0. The Kier molecular flexibility index (Phi) is 4.12. The summed E-state index contributed by atoms with van der Waals surface area (Å²) in [6.45, 7) is 8.27. The van der Waals surface area contributed by atoms with Gasteiger partial charge in [-0.2, -0.15) is 0 Å². The average Bonchev–Trinajstić information content (AvgIpc) is 2.51. The number of rotatable bonds is 4. The number of aromatic nitrogens is 1. The summed E-state index contributed by atoms with van der Waals surface area (Å²) in [5, 5.41) is 9.04. The van der Waals surface area contributed by atoms with Crippen LogP contribution in [0.15, 0.2) is 31.0 Å². The van der Waals surface area contributed by atoms with Crippen LogP contribution >= 0.6 is 0 Å². The molecular weight excluding hydrogens is 214 g/mol. The van der Waals surface area contributed by atoms with Crippen LogP contribution < -0.4 is 4.90 Å². The van der Waals surface area contributed by atoms with Gasteiger partial charge in [-0.25, -0.2) is 4.98 Å². The van der Waals surface area contributed by atoms with Gasteiger partial charge in [-0.05, 0) is 6.07 Å². The maximum Gasteiger partial charge on any atom is 0.133 e.